The summed E-state index contributed by atoms with van der Waals surface area (Å²) >= 11 is 0. The number of carbonyl (C=O) groups is 1. The van der Waals surface area contributed by atoms with E-state index >= 15 is 0 Å². The van der Waals surface area contributed by atoms with E-state index < -0.39 is 0 Å². The second-order valence-electron chi connectivity index (χ2n) is 4.85. The van der Waals surface area contributed by atoms with E-state index in [1.54, 1.807) is 19.4 Å². The van der Waals surface area contributed by atoms with Gasteiger partial charge in [0.05, 0.1) is 12.8 Å². The van der Waals surface area contributed by atoms with E-state index in [1.165, 1.54) is 0 Å². The molecular weight excluding hydrogens is 266 g/mol. The molecule has 112 valence electrons. The smallest absolute Gasteiger partial charge is 0.268 e. The van der Waals surface area contributed by atoms with Gasteiger partial charge in [-0.15, -0.1) is 0 Å². The van der Waals surface area contributed by atoms with Crippen molar-refractivity contribution in [3.8, 4) is 5.75 Å². The standard InChI is InChI=1S/C16H21N3O2/c1-3-8-19-11-13(17)9-14(19)16(20)18-10-12-6-4-5-7-15(12)21-2/h4-7,9,11H,3,8,10,17H2,1-2H3,(H,18,20). The third kappa shape index (κ3) is 3.56. The number of methoxy groups -OCH3 is 1. The third-order valence-corrected chi connectivity index (χ3v) is 3.25. The Kier molecular flexibility index (Phi) is 4.87. The Morgan fingerprint density at radius 2 is 2.14 bits per heavy atom. The van der Waals surface area contributed by atoms with Gasteiger partial charge in [0.25, 0.3) is 5.91 Å². The van der Waals surface area contributed by atoms with Gasteiger partial charge < -0.3 is 20.4 Å². The molecule has 1 aromatic heterocycles. The summed E-state index contributed by atoms with van der Waals surface area (Å²) < 4.78 is 7.16. The van der Waals surface area contributed by atoms with Gasteiger partial charge in [-0.1, -0.05) is 25.1 Å². The lowest BCUT2D eigenvalue weighted by atomic mass is 10.2. The zero-order valence-electron chi connectivity index (χ0n) is 12.4. The molecule has 0 saturated carbocycles. The predicted octanol–water partition coefficient (Wildman–Crippen LogP) is 2.42. The minimum absolute atomic E-state index is 0.133. The molecule has 2 aromatic rings. The molecule has 0 aliphatic rings. The fraction of sp³-hybridized carbons (Fsp3) is 0.312. The van der Waals surface area contributed by atoms with Gasteiger partial charge in [0.1, 0.15) is 11.4 Å². The van der Waals surface area contributed by atoms with Crippen LogP contribution in [0.2, 0.25) is 0 Å². The maximum absolute atomic E-state index is 12.3. The van der Waals surface area contributed by atoms with E-state index in [1.807, 2.05) is 28.8 Å². The van der Waals surface area contributed by atoms with Crippen LogP contribution in [0, 0.1) is 0 Å². The highest BCUT2D eigenvalue weighted by Crippen LogP contribution is 2.17. The van der Waals surface area contributed by atoms with Gasteiger partial charge in [0.2, 0.25) is 0 Å². The van der Waals surface area contributed by atoms with Crippen LogP contribution in [0.25, 0.3) is 0 Å². The Bertz CT molecular complexity index is 620. The number of benzene rings is 1. The number of hydrogen-bond donors (Lipinski definition) is 2. The number of carbonyl (C=O) groups excluding carboxylic acids is 1. The van der Waals surface area contributed by atoms with Gasteiger partial charge in [-0.05, 0) is 18.6 Å². The number of anilines is 1. The number of aromatic nitrogens is 1. The summed E-state index contributed by atoms with van der Waals surface area (Å²) in [6.45, 7) is 3.25. The van der Waals surface area contributed by atoms with Crippen molar-refractivity contribution in [1.29, 1.82) is 0 Å². The number of nitrogens with one attached hydrogen (secondary N) is 1. The molecule has 3 N–H and O–H groups in total. The average Bonchev–Trinajstić information content (AvgIpc) is 2.86. The largest absolute Gasteiger partial charge is 0.496 e. The molecule has 1 aromatic carbocycles. The molecule has 0 aliphatic heterocycles. The first-order chi connectivity index (χ1) is 10.2. The fourth-order valence-electron chi connectivity index (χ4n) is 2.26. The summed E-state index contributed by atoms with van der Waals surface area (Å²) in [4.78, 5) is 12.3. The number of rotatable bonds is 6. The van der Waals surface area contributed by atoms with Gasteiger partial charge in [-0.3, -0.25) is 4.79 Å². The van der Waals surface area contributed by atoms with Crippen molar-refractivity contribution in [3.63, 3.8) is 0 Å². The number of para-hydroxylation sites is 1. The number of nitrogens with two attached hydrogens (primary N) is 1. The lowest BCUT2D eigenvalue weighted by molar-refractivity contribution is 0.0941. The molecule has 0 unspecified atom stereocenters. The van der Waals surface area contributed by atoms with Crippen molar-refractivity contribution in [3.05, 3.63) is 47.8 Å². The van der Waals surface area contributed by atoms with Crippen LogP contribution in [-0.2, 0) is 13.1 Å². The summed E-state index contributed by atoms with van der Waals surface area (Å²) in [5, 5.41) is 2.91. The Balaban J connectivity index is 2.08. The second kappa shape index (κ2) is 6.83. The first-order valence-electron chi connectivity index (χ1n) is 7.01. The van der Waals surface area contributed by atoms with Crippen LogP contribution < -0.4 is 15.8 Å². The highest BCUT2D eigenvalue weighted by Gasteiger charge is 2.13. The van der Waals surface area contributed by atoms with Gasteiger partial charge in [-0.25, -0.2) is 0 Å². The van der Waals surface area contributed by atoms with Gasteiger partial charge in [0.15, 0.2) is 0 Å². The van der Waals surface area contributed by atoms with E-state index in [2.05, 4.69) is 12.2 Å². The Morgan fingerprint density at radius 1 is 1.38 bits per heavy atom. The van der Waals surface area contributed by atoms with Gasteiger partial charge in [-0.2, -0.15) is 0 Å². The van der Waals surface area contributed by atoms with Gasteiger partial charge >= 0.3 is 0 Å². The molecule has 1 amide bonds. The van der Waals surface area contributed by atoms with Crippen LogP contribution >= 0.6 is 0 Å². The molecule has 5 nitrogen and oxygen atoms in total. The van der Waals surface area contributed by atoms with E-state index in [9.17, 15) is 4.79 Å². The number of ether oxygens (including phenoxy) is 1. The SMILES string of the molecule is CCCn1cc(N)cc1C(=O)NCc1ccccc1OC. The molecular formula is C16H21N3O2. The Hall–Kier alpha value is -2.43. The van der Waals surface area contributed by atoms with Crippen LogP contribution in [-0.4, -0.2) is 17.6 Å². The fourth-order valence-corrected chi connectivity index (χ4v) is 2.26. The van der Waals surface area contributed by atoms with E-state index in [0.717, 1.165) is 24.3 Å². The van der Waals surface area contributed by atoms with Crippen LogP contribution in [0.15, 0.2) is 36.5 Å². The minimum Gasteiger partial charge on any atom is -0.496 e. The maximum atomic E-state index is 12.3. The Morgan fingerprint density at radius 3 is 2.86 bits per heavy atom. The van der Waals surface area contributed by atoms with E-state index in [0.29, 0.717) is 17.9 Å². The second-order valence-corrected chi connectivity index (χ2v) is 4.85. The molecule has 0 spiro atoms. The highest BCUT2D eigenvalue weighted by atomic mass is 16.5. The number of aryl methyl sites for hydroxylation is 1. The predicted molar refractivity (Wildman–Crippen MR) is 83.3 cm³/mol. The van der Waals surface area contributed by atoms with Crippen LogP contribution in [0.5, 0.6) is 5.75 Å². The van der Waals surface area contributed by atoms with Crippen molar-refractivity contribution < 1.29 is 9.53 Å². The molecule has 0 aliphatic carbocycles. The highest BCUT2D eigenvalue weighted by molar-refractivity contribution is 5.93. The zero-order valence-corrected chi connectivity index (χ0v) is 12.4. The average molecular weight is 287 g/mol. The van der Waals surface area contributed by atoms with Crippen molar-refractivity contribution in [2.75, 3.05) is 12.8 Å². The third-order valence-electron chi connectivity index (χ3n) is 3.25. The summed E-state index contributed by atoms with van der Waals surface area (Å²) in [7, 11) is 1.62. The lowest BCUT2D eigenvalue weighted by Gasteiger charge is -2.11. The first-order valence-corrected chi connectivity index (χ1v) is 7.01. The molecule has 0 atom stereocenters. The quantitative estimate of drug-likeness (QED) is 0.857. The zero-order chi connectivity index (χ0) is 15.2. The molecule has 0 bridgehead atoms. The van der Waals surface area contributed by atoms with Crippen LogP contribution in [0.1, 0.15) is 29.4 Å². The maximum Gasteiger partial charge on any atom is 0.268 e. The van der Waals surface area contributed by atoms with Crippen molar-refractivity contribution in [2.24, 2.45) is 0 Å². The molecule has 1 heterocycles. The summed E-state index contributed by atoms with van der Waals surface area (Å²) in [5.74, 6) is 0.632. The molecule has 0 radical (unpaired) electrons. The molecule has 2 rings (SSSR count). The number of nitrogen functional groups attached to an aromatic ring is 1. The first kappa shape index (κ1) is 15.0. The molecule has 0 saturated heterocycles. The van der Waals surface area contributed by atoms with Crippen LogP contribution in [0.3, 0.4) is 0 Å². The van der Waals surface area contributed by atoms with E-state index in [4.69, 9.17) is 10.5 Å². The summed E-state index contributed by atoms with van der Waals surface area (Å²) in [5.41, 5.74) is 7.91. The molecule has 21 heavy (non-hydrogen) atoms. The number of hydrogen-bond acceptors (Lipinski definition) is 3. The van der Waals surface area contributed by atoms with E-state index in [-0.39, 0.29) is 5.91 Å². The Labute approximate surface area is 124 Å². The van der Waals surface area contributed by atoms with Crippen molar-refractivity contribution >= 4 is 11.6 Å². The van der Waals surface area contributed by atoms with Crippen molar-refractivity contribution in [1.82, 2.24) is 9.88 Å². The van der Waals surface area contributed by atoms with Crippen molar-refractivity contribution in [2.45, 2.75) is 26.4 Å². The monoisotopic (exact) mass is 287 g/mol. The molecule has 0 fully saturated rings. The summed E-state index contributed by atoms with van der Waals surface area (Å²) in [6, 6.07) is 9.32. The normalized spacial score (nSPS) is 10.4. The lowest BCUT2D eigenvalue weighted by Crippen LogP contribution is -2.25. The number of amides is 1. The van der Waals surface area contributed by atoms with Gasteiger partial charge in [0, 0.05) is 24.8 Å². The topological polar surface area (TPSA) is 69.3 Å². The summed E-state index contributed by atoms with van der Waals surface area (Å²) in [6.07, 6.45) is 2.74. The minimum atomic E-state index is -0.133. The number of nitrogens with zero attached hydrogens (tertiary/aromatic N) is 1. The molecule has 5 heteroatoms. The van der Waals surface area contributed by atoms with Crippen LogP contribution in [0.4, 0.5) is 5.69 Å².